The minimum Gasteiger partial charge on any atom is -0.490 e. The molecule has 0 saturated heterocycles. The second kappa shape index (κ2) is 6.47. The highest BCUT2D eigenvalue weighted by Crippen LogP contribution is 2.33. The van der Waals surface area contributed by atoms with Crippen LogP contribution in [0.2, 0.25) is 0 Å². The molecule has 2 unspecified atom stereocenters. The van der Waals surface area contributed by atoms with Gasteiger partial charge < -0.3 is 9.47 Å². The van der Waals surface area contributed by atoms with Gasteiger partial charge in [-0.3, -0.25) is 0 Å². The van der Waals surface area contributed by atoms with E-state index >= 15 is 0 Å². The average Bonchev–Trinajstić information content (AvgIpc) is 2.41. The molecule has 1 aliphatic carbocycles. The molecule has 0 N–H and O–H groups in total. The zero-order chi connectivity index (χ0) is 13.7. The average molecular weight is 259 g/mol. The Labute approximate surface area is 115 Å². The molecule has 1 saturated carbocycles. The van der Waals surface area contributed by atoms with E-state index in [1.807, 2.05) is 13.0 Å². The van der Waals surface area contributed by atoms with E-state index < -0.39 is 0 Å². The molecule has 1 fully saturated rings. The third-order valence-corrected chi connectivity index (χ3v) is 3.55. The van der Waals surface area contributed by atoms with Gasteiger partial charge in [0.2, 0.25) is 0 Å². The number of ether oxygens (including phenoxy) is 2. The van der Waals surface area contributed by atoms with Gasteiger partial charge in [0.05, 0.1) is 24.3 Å². The normalized spacial score (nSPS) is 22.6. The first-order valence-electron chi connectivity index (χ1n) is 7.06. The molecule has 1 aromatic rings. The van der Waals surface area contributed by atoms with Gasteiger partial charge in [0.15, 0.2) is 11.5 Å². The van der Waals surface area contributed by atoms with Crippen LogP contribution >= 0.6 is 0 Å². The van der Waals surface area contributed by atoms with Gasteiger partial charge in [-0.15, -0.1) is 0 Å². The fraction of sp³-hybridized carbons (Fsp3) is 0.562. The van der Waals surface area contributed by atoms with Crippen molar-refractivity contribution in [2.75, 3.05) is 6.61 Å². The summed E-state index contributed by atoms with van der Waals surface area (Å²) < 4.78 is 11.6. The standard InChI is InChI=1S/C16H21NO2/c1-3-18-16-10-13(11-17)7-8-15(16)19-14-6-4-5-12(2)9-14/h7-8,10,12,14H,3-6,9H2,1-2H3. The molecule has 0 aliphatic heterocycles. The van der Waals surface area contributed by atoms with Crippen molar-refractivity contribution in [3.8, 4) is 17.6 Å². The van der Waals surface area contributed by atoms with Crippen LogP contribution in [0.1, 0.15) is 45.1 Å². The molecule has 0 heterocycles. The molecular weight excluding hydrogens is 238 g/mol. The highest BCUT2D eigenvalue weighted by Gasteiger charge is 2.21. The third kappa shape index (κ3) is 3.64. The van der Waals surface area contributed by atoms with E-state index in [-0.39, 0.29) is 6.10 Å². The number of hydrogen-bond acceptors (Lipinski definition) is 3. The number of nitrogens with zero attached hydrogens (tertiary/aromatic N) is 1. The first-order valence-corrected chi connectivity index (χ1v) is 7.06. The highest BCUT2D eigenvalue weighted by molar-refractivity contribution is 5.46. The van der Waals surface area contributed by atoms with Gasteiger partial charge in [0, 0.05) is 6.07 Å². The summed E-state index contributed by atoms with van der Waals surface area (Å²) in [5.41, 5.74) is 0.604. The molecule has 0 radical (unpaired) electrons. The number of benzene rings is 1. The van der Waals surface area contributed by atoms with Gasteiger partial charge >= 0.3 is 0 Å². The Morgan fingerprint density at radius 2 is 2.16 bits per heavy atom. The molecule has 2 rings (SSSR count). The Kier molecular flexibility index (Phi) is 4.68. The van der Waals surface area contributed by atoms with Gasteiger partial charge in [-0.25, -0.2) is 0 Å². The van der Waals surface area contributed by atoms with Gasteiger partial charge in [-0.1, -0.05) is 13.3 Å². The Morgan fingerprint density at radius 1 is 1.32 bits per heavy atom. The van der Waals surface area contributed by atoms with Crippen molar-refractivity contribution in [2.24, 2.45) is 5.92 Å². The molecule has 3 heteroatoms. The lowest BCUT2D eigenvalue weighted by atomic mass is 9.89. The summed E-state index contributed by atoms with van der Waals surface area (Å²) in [4.78, 5) is 0. The van der Waals surface area contributed by atoms with Crippen LogP contribution in [0.25, 0.3) is 0 Å². The maximum Gasteiger partial charge on any atom is 0.162 e. The van der Waals surface area contributed by atoms with E-state index in [0.717, 1.165) is 24.5 Å². The van der Waals surface area contributed by atoms with Crippen LogP contribution in [0.15, 0.2) is 18.2 Å². The quantitative estimate of drug-likeness (QED) is 0.823. The zero-order valence-electron chi connectivity index (χ0n) is 11.7. The summed E-state index contributed by atoms with van der Waals surface area (Å²) in [6.07, 6.45) is 5.01. The van der Waals surface area contributed by atoms with E-state index in [2.05, 4.69) is 13.0 Å². The molecule has 3 nitrogen and oxygen atoms in total. The van der Waals surface area contributed by atoms with Crippen molar-refractivity contribution >= 4 is 0 Å². The maximum atomic E-state index is 8.93. The van der Waals surface area contributed by atoms with Crippen LogP contribution in [0, 0.1) is 17.2 Å². The molecule has 1 aliphatic rings. The van der Waals surface area contributed by atoms with Gasteiger partial charge in [-0.05, 0) is 44.2 Å². The van der Waals surface area contributed by atoms with E-state index in [1.54, 1.807) is 12.1 Å². The zero-order valence-corrected chi connectivity index (χ0v) is 11.7. The summed E-state index contributed by atoms with van der Waals surface area (Å²) >= 11 is 0. The Balaban J connectivity index is 2.12. The Bertz CT molecular complexity index is 464. The van der Waals surface area contributed by atoms with E-state index in [9.17, 15) is 0 Å². The number of nitriles is 1. The van der Waals surface area contributed by atoms with Crippen molar-refractivity contribution < 1.29 is 9.47 Å². The van der Waals surface area contributed by atoms with E-state index in [1.165, 1.54) is 12.8 Å². The van der Waals surface area contributed by atoms with E-state index in [0.29, 0.717) is 17.9 Å². The van der Waals surface area contributed by atoms with Gasteiger partial charge in [-0.2, -0.15) is 5.26 Å². The summed E-state index contributed by atoms with van der Waals surface area (Å²) in [7, 11) is 0. The third-order valence-electron chi connectivity index (χ3n) is 3.55. The van der Waals surface area contributed by atoms with Crippen LogP contribution < -0.4 is 9.47 Å². The second-order valence-electron chi connectivity index (χ2n) is 5.22. The molecule has 0 aromatic heterocycles. The first kappa shape index (κ1) is 13.7. The van der Waals surface area contributed by atoms with Crippen LogP contribution in [-0.2, 0) is 0 Å². The molecule has 2 atom stereocenters. The van der Waals surface area contributed by atoms with Crippen LogP contribution in [0.4, 0.5) is 0 Å². The molecule has 102 valence electrons. The minimum atomic E-state index is 0.274. The molecule has 0 bridgehead atoms. The predicted octanol–water partition coefficient (Wildman–Crippen LogP) is 3.91. The fourth-order valence-corrected chi connectivity index (χ4v) is 2.61. The molecule has 0 spiro atoms. The topological polar surface area (TPSA) is 42.2 Å². The lowest BCUT2D eigenvalue weighted by Gasteiger charge is -2.28. The van der Waals surface area contributed by atoms with Crippen molar-refractivity contribution in [3.63, 3.8) is 0 Å². The number of hydrogen-bond donors (Lipinski definition) is 0. The SMILES string of the molecule is CCOc1cc(C#N)ccc1OC1CCCC(C)C1. The molecule has 1 aromatic carbocycles. The first-order chi connectivity index (χ1) is 9.22. The smallest absolute Gasteiger partial charge is 0.162 e. The second-order valence-corrected chi connectivity index (χ2v) is 5.22. The van der Waals surface area contributed by atoms with Gasteiger partial charge in [0.1, 0.15) is 0 Å². The number of rotatable bonds is 4. The summed E-state index contributed by atoms with van der Waals surface area (Å²) in [5, 5.41) is 8.93. The predicted molar refractivity (Wildman–Crippen MR) is 74.4 cm³/mol. The van der Waals surface area contributed by atoms with Crippen molar-refractivity contribution in [1.82, 2.24) is 0 Å². The van der Waals surface area contributed by atoms with Crippen LogP contribution in [-0.4, -0.2) is 12.7 Å². The lowest BCUT2D eigenvalue weighted by molar-refractivity contribution is 0.124. The minimum absolute atomic E-state index is 0.274. The summed E-state index contributed by atoms with van der Waals surface area (Å²) in [6.45, 7) is 4.79. The summed E-state index contributed by atoms with van der Waals surface area (Å²) in [5.74, 6) is 2.17. The van der Waals surface area contributed by atoms with Crippen molar-refractivity contribution in [3.05, 3.63) is 23.8 Å². The molecular formula is C16H21NO2. The molecule has 19 heavy (non-hydrogen) atoms. The Hall–Kier alpha value is -1.69. The largest absolute Gasteiger partial charge is 0.490 e. The van der Waals surface area contributed by atoms with Gasteiger partial charge in [0.25, 0.3) is 0 Å². The fourth-order valence-electron chi connectivity index (χ4n) is 2.61. The Morgan fingerprint density at radius 3 is 2.84 bits per heavy atom. The van der Waals surface area contributed by atoms with Crippen molar-refractivity contribution in [2.45, 2.75) is 45.6 Å². The summed E-state index contributed by atoms with van der Waals surface area (Å²) in [6, 6.07) is 7.52. The van der Waals surface area contributed by atoms with Crippen LogP contribution in [0.3, 0.4) is 0 Å². The highest BCUT2D eigenvalue weighted by atomic mass is 16.5. The monoisotopic (exact) mass is 259 g/mol. The van der Waals surface area contributed by atoms with Crippen LogP contribution in [0.5, 0.6) is 11.5 Å². The van der Waals surface area contributed by atoms with E-state index in [4.69, 9.17) is 14.7 Å². The molecule has 0 amide bonds. The van der Waals surface area contributed by atoms with Crippen molar-refractivity contribution in [1.29, 1.82) is 5.26 Å². The lowest BCUT2D eigenvalue weighted by Crippen LogP contribution is -2.24. The maximum absolute atomic E-state index is 8.93.